The predicted octanol–water partition coefficient (Wildman–Crippen LogP) is 3.21. The van der Waals surface area contributed by atoms with Crippen LogP contribution in [-0.2, 0) is 0 Å². The largest absolute Gasteiger partial charge is 0.402 e. The molecule has 3 aromatic rings. The normalized spacial score (nSPS) is 10.9. The van der Waals surface area contributed by atoms with Gasteiger partial charge < -0.3 is 4.42 Å². The lowest BCUT2D eigenvalue weighted by Crippen LogP contribution is -2.02. The molecular weight excluding hydrogens is 254 g/mol. The molecule has 17 heavy (non-hydrogen) atoms. The van der Waals surface area contributed by atoms with Crippen LogP contribution < -0.4 is 5.63 Å². The lowest BCUT2D eigenvalue weighted by atomic mass is 10.2. The first-order valence-electron chi connectivity index (χ1n) is 4.92. The third-order valence-electron chi connectivity index (χ3n) is 2.34. The summed E-state index contributed by atoms with van der Waals surface area (Å²) in [5, 5.41) is 2.37. The van der Waals surface area contributed by atoms with Crippen molar-refractivity contribution in [2.45, 2.75) is 4.90 Å². The molecule has 5 heteroatoms. The van der Waals surface area contributed by atoms with Gasteiger partial charge in [0.15, 0.2) is 0 Å². The number of fused-ring (bicyclic) bond motifs is 1. The average Bonchev–Trinajstić information content (AvgIpc) is 2.83. The van der Waals surface area contributed by atoms with E-state index in [0.29, 0.717) is 16.8 Å². The van der Waals surface area contributed by atoms with E-state index >= 15 is 0 Å². The number of thiophene rings is 1. The maximum atomic E-state index is 11.8. The Kier molecular flexibility index (Phi) is 2.49. The number of aromatic nitrogens is 1. The molecule has 0 atom stereocenters. The summed E-state index contributed by atoms with van der Waals surface area (Å²) in [5.41, 5.74) is 0.247. The highest BCUT2D eigenvalue weighted by molar-refractivity contribution is 7.80. The first-order valence-corrected chi connectivity index (χ1v) is 6.24. The van der Waals surface area contributed by atoms with Gasteiger partial charge in [-0.15, -0.1) is 24.0 Å². The van der Waals surface area contributed by atoms with Crippen molar-refractivity contribution < 1.29 is 4.42 Å². The Morgan fingerprint density at radius 2 is 2.18 bits per heavy atom. The van der Waals surface area contributed by atoms with Crippen molar-refractivity contribution in [3.63, 3.8) is 0 Å². The third-order valence-corrected chi connectivity index (χ3v) is 3.48. The summed E-state index contributed by atoms with van der Waals surface area (Å²) in [6.07, 6.45) is 0. The van der Waals surface area contributed by atoms with Crippen LogP contribution in [0.1, 0.15) is 0 Å². The van der Waals surface area contributed by atoms with Gasteiger partial charge in [0.25, 0.3) is 0 Å². The molecule has 3 rings (SSSR count). The van der Waals surface area contributed by atoms with Gasteiger partial charge in [-0.05, 0) is 29.6 Å². The van der Waals surface area contributed by atoms with Gasteiger partial charge in [-0.1, -0.05) is 6.07 Å². The van der Waals surface area contributed by atoms with Gasteiger partial charge in [0, 0.05) is 4.90 Å². The molecule has 0 spiro atoms. The molecule has 0 amide bonds. The maximum Gasteiger partial charge on any atom is 0.347 e. The van der Waals surface area contributed by atoms with Crippen LogP contribution in [0.2, 0.25) is 0 Å². The molecule has 0 saturated heterocycles. The first kappa shape index (κ1) is 10.6. The Hall–Kier alpha value is -1.59. The van der Waals surface area contributed by atoms with E-state index in [2.05, 4.69) is 17.6 Å². The minimum atomic E-state index is -0.380. The zero-order valence-corrected chi connectivity index (χ0v) is 10.3. The van der Waals surface area contributed by atoms with Crippen molar-refractivity contribution in [1.29, 1.82) is 0 Å². The van der Waals surface area contributed by atoms with Crippen LogP contribution in [0.4, 0.5) is 0 Å². The zero-order chi connectivity index (χ0) is 11.8. The Balaban J connectivity index is 2.32. The van der Waals surface area contributed by atoms with Gasteiger partial charge in [-0.25, -0.2) is 9.78 Å². The summed E-state index contributed by atoms with van der Waals surface area (Å²) < 4.78 is 5.20. The molecule has 0 saturated carbocycles. The van der Waals surface area contributed by atoms with E-state index in [1.165, 1.54) is 11.3 Å². The van der Waals surface area contributed by atoms with Crippen LogP contribution in [-0.4, -0.2) is 4.98 Å². The van der Waals surface area contributed by atoms with Gasteiger partial charge in [0.1, 0.15) is 0 Å². The molecular formula is C12H7NO2S2. The first-order chi connectivity index (χ1) is 8.24. The highest BCUT2D eigenvalue weighted by Crippen LogP contribution is 2.23. The van der Waals surface area contributed by atoms with E-state index < -0.39 is 0 Å². The van der Waals surface area contributed by atoms with Gasteiger partial charge in [0.05, 0.1) is 15.8 Å². The third kappa shape index (κ3) is 1.87. The molecule has 0 bridgehead atoms. The van der Waals surface area contributed by atoms with Crippen LogP contribution in [0.25, 0.3) is 21.7 Å². The fourth-order valence-corrected chi connectivity index (χ4v) is 2.42. The van der Waals surface area contributed by atoms with Gasteiger partial charge >= 0.3 is 5.63 Å². The standard InChI is InChI=1S/C12H7NO2S2/c14-12-8-6-7(16)3-4-9(8)13-11(15-12)10-2-1-5-17-10/h1-6,16H. The number of rotatable bonds is 1. The Labute approximate surface area is 106 Å². The van der Waals surface area contributed by atoms with E-state index in [4.69, 9.17) is 4.42 Å². The minimum absolute atomic E-state index is 0.365. The zero-order valence-electron chi connectivity index (χ0n) is 8.58. The Bertz CT molecular complexity index is 732. The Morgan fingerprint density at radius 3 is 2.94 bits per heavy atom. The summed E-state index contributed by atoms with van der Waals surface area (Å²) in [4.78, 5) is 17.7. The molecule has 0 radical (unpaired) electrons. The van der Waals surface area contributed by atoms with Gasteiger partial charge in [0.2, 0.25) is 5.89 Å². The van der Waals surface area contributed by atoms with Gasteiger partial charge in [-0.3, -0.25) is 0 Å². The lowest BCUT2D eigenvalue weighted by molar-refractivity contribution is 0.519. The number of hydrogen-bond donors (Lipinski definition) is 1. The number of benzene rings is 1. The average molecular weight is 261 g/mol. The second kappa shape index (κ2) is 4.01. The van der Waals surface area contributed by atoms with Crippen LogP contribution in [0.15, 0.2) is 49.8 Å². The second-order valence-corrected chi connectivity index (χ2v) is 4.95. The van der Waals surface area contributed by atoms with Crippen molar-refractivity contribution in [3.05, 3.63) is 46.1 Å². The van der Waals surface area contributed by atoms with E-state index in [9.17, 15) is 4.79 Å². The molecule has 0 fully saturated rings. The fraction of sp³-hybridized carbons (Fsp3) is 0. The summed E-state index contributed by atoms with van der Waals surface area (Å²) in [7, 11) is 0. The van der Waals surface area contributed by atoms with Crippen LogP contribution >= 0.6 is 24.0 Å². The van der Waals surface area contributed by atoms with Crippen LogP contribution in [0, 0.1) is 0 Å². The number of thiol groups is 1. The molecule has 3 nitrogen and oxygen atoms in total. The summed E-state index contributed by atoms with van der Waals surface area (Å²) in [6.45, 7) is 0. The fourth-order valence-electron chi connectivity index (χ4n) is 1.57. The molecule has 0 aliphatic carbocycles. The molecule has 0 aliphatic heterocycles. The van der Waals surface area contributed by atoms with E-state index in [1.54, 1.807) is 18.2 Å². The molecule has 84 valence electrons. The van der Waals surface area contributed by atoms with Gasteiger partial charge in [-0.2, -0.15) is 0 Å². The van der Waals surface area contributed by atoms with Crippen molar-refractivity contribution in [3.8, 4) is 10.8 Å². The molecule has 2 aromatic heterocycles. The van der Waals surface area contributed by atoms with Crippen LogP contribution in [0.3, 0.4) is 0 Å². The second-order valence-electron chi connectivity index (χ2n) is 3.49. The van der Waals surface area contributed by atoms with Crippen LogP contribution in [0.5, 0.6) is 0 Å². The number of hydrogen-bond acceptors (Lipinski definition) is 5. The van der Waals surface area contributed by atoms with E-state index in [-0.39, 0.29) is 5.63 Å². The molecule has 1 aromatic carbocycles. The molecule has 0 unspecified atom stereocenters. The summed E-state index contributed by atoms with van der Waals surface area (Å²) in [6, 6.07) is 8.99. The highest BCUT2D eigenvalue weighted by atomic mass is 32.1. The van der Waals surface area contributed by atoms with Crippen molar-refractivity contribution in [2.24, 2.45) is 0 Å². The van der Waals surface area contributed by atoms with Crippen molar-refractivity contribution >= 4 is 34.9 Å². The molecule has 0 aliphatic rings. The maximum absolute atomic E-state index is 11.8. The van der Waals surface area contributed by atoms with Crippen molar-refractivity contribution in [2.75, 3.05) is 0 Å². The van der Waals surface area contributed by atoms with Crippen molar-refractivity contribution in [1.82, 2.24) is 4.98 Å². The summed E-state index contributed by atoms with van der Waals surface area (Å²) in [5.74, 6) is 0.365. The quantitative estimate of drug-likeness (QED) is 0.684. The molecule has 0 N–H and O–H groups in total. The monoisotopic (exact) mass is 261 g/mol. The SMILES string of the molecule is O=c1oc(-c2cccs2)nc2ccc(S)cc12. The predicted molar refractivity (Wildman–Crippen MR) is 70.8 cm³/mol. The van der Waals surface area contributed by atoms with E-state index in [0.717, 1.165) is 9.77 Å². The molecule has 2 heterocycles. The number of nitrogens with zero attached hydrogens (tertiary/aromatic N) is 1. The summed E-state index contributed by atoms with van der Waals surface area (Å²) >= 11 is 5.67. The lowest BCUT2D eigenvalue weighted by Gasteiger charge is -1.99. The highest BCUT2D eigenvalue weighted by Gasteiger charge is 2.09. The minimum Gasteiger partial charge on any atom is -0.402 e. The Morgan fingerprint density at radius 1 is 1.29 bits per heavy atom. The smallest absolute Gasteiger partial charge is 0.347 e. The van der Waals surface area contributed by atoms with E-state index in [1.807, 2.05) is 17.5 Å². The topological polar surface area (TPSA) is 43.1 Å².